The van der Waals surface area contributed by atoms with Crippen LogP contribution >= 0.6 is 0 Å². The Hall–Kier alpha value is -2.32. The van der Waals surface area contributed by atoms with Crippen molar-refractivity contribution >= 4 is 17.7 Å². The van der Waals surface area contributed by atoms with Gasteiger partial charge in [-0.15, -0.1) is 0 Å². The first-order valence-electron chi connectivity index (χ1n) is 10.8. The van der Waals surface area contributed by atoms with Gasteiger partial charge >= 0.3 is 6.09 Å². The zero-order valence-electron chi connectivity index (χ0n) is 17.6. The Morgan fingerprint density at radius 1 is 0.967 bits per heavy atom. The van der Waals surface area contributed by atoms with E-state index in [1.165, 1.54) is 6.42 Å². The molecule has 1 aromatic carbocycles. The molecule has 3 aliphatic rings. The minimum atomic E-state index is -0.458. The smallest absolute Gasteiger partial charge is 0.407 e. The predicted molar refractivity (Wildman–Crippen MR) is 112 cm³/mol. The summed E-state index contributed by atoms with van der Waals surface area (Å²) in [6.45, 7) is 0.609. The van der Waals surface area contributed by atoms with Crippen molar-refractivity contribution in [3.05, 3.63) is 29.8 Å². The summed E-state index contributed by atoms with van der Waals surface area (Å²) in [5.41, 5.74) is 1.61. The fraction of sp³-hybridized carbons (Fsp3) is 0.636. The molecule has 0 spiro atoms. The molecule has 1 saturated carbocycles. The fourth-order valence-electron chi connectivity index (χ4n) is 4.44. The first-order chi connectivity index (χ1) is 14.5. The summed E-state index contributed by atoms with van der Waals surface area (Å²) >= 11 is 0. The summed E-state index contributed by atoms with van der Waals surface area (Å²) in [5, 5.41) is 5.95. The maximum atomic E-state index is 12.6. The van der Waals surface area contributed by atoms with Crippen LogP contribution in [-0.4, -0.2) is 69.7 Å². The van der Waals surface area contributed by atoms with Gasteiger partial charge in [0.25, 0.3) is 5.91 Å². The second kappa shape index (κ2) is 9.22. The average molecular weight is 418 g/mol. The monoisotopic (exact) mass is 417 g/mol. The Bertz CT molecular complexity index is 748. The lowest BCUT2D eigenvalue weighted by molar-refractivity contribution is 0.00261. The Labute approximate surface area is 177 Å². The van der Waals surface area contributed by atoms with Crippen molar-refractivity contribution in [3.8, 4) is 0 Å². The molecule has 164 valence electrons. The van der Waals surface area contributed by atoms with Crippen LogP contribution in [0.4, 0.5) is 10.5 Å². The maximum Gasteiger partial charge on any atom is 0.407 e. The van der Waals surface area contributed by atoms with E-state index >= 15 is 0 Å². The van der Waals surface area contributed by atoms with Crippen molar-refractivity contribution in [2.24, 2.45) is 0 Å². The number of nitrogens with zero attached hydrogens (tertiary/aromatic N) is 1. The van der Waals surface area contributed by atoms with Crippen LogP contribution in [0.25, 0.3) is 0 Å². The molecule has 2 amide bonds. The molecule has 8 nitrogen and oxygen atoms in total. The van der Waals surface area contributed by atoms with Gasteiger partial charge in [0.2, 0.25) is 0 Å². The van der Waals surface area contributed by atoms with Crippen LogP contribution in [0.5, 0.6) is 0 Å². The number of carbonyl (C=O) groups excluding carboxylic acids is 2. The van der Waals surface area contributed by atoms with Crippen molar-refractivity contribution in [1.82, 2.24) is 10.6 Å². The summed E-state index contributed by atoms with van der Waals surface area (Å²) in [6, 6.07) is 7.34. The van der Waals surface area contributed by atoms with E-state index in [2.05, 4.69) is 10.6 Å². The van der Waals surface area contributed by atoms with Crippen molar-refractivity contribution in [2.45, 2.75) is 62.5 Å². The first kappa shape index (κ1) is 20.9. The molecule has 0 aromatic heterocycles. The zero-order valence-corrected chi connectivity index (χ0v) is 17.6. The molecule has 2 saturated heterocycles. The highest BCUT2D eigenvalue weighted by Gasteiger charge is 2.50. The normalized spacial score (nSPS) is 28.6. The van der Waals surface area contributed by atoms with Crippen molar-refractivity contribution in [1.29, 1.82) is 0 Å². The number of benzene rings is 1. The molecule has 8 heteroatoms. The first-order valence-corrected chi connectivity index (χ1v) is 10.8. The highest BCUT2D eigenvalue weighted by Crippen LogP contribution is 2.29. The minimum absolute atomic E-state index is 0.169. The zero-order chi connectivity index (χ0) is 21.1. The Balaban J connectivity index is 1.28. The molecule has 2 heterocycles. The topological polar surface area (TPSA) is 89.1 Å². The van der Waals surface area contributed by atoms with Crippen molar-refractivity contribution < 1.29 is 23.8 Å². The van der Waals surface area contributed by atoms with Crippen LogP contribution < -0.4 is 15.5 Å². The molecule has 1 aliphatic carbocycles. The summed E-state index contributed by atoms with van der Waals surface area (Å²) in [6.07, 6.45) is 3.98. The van der Waals surface area contributed by atoms with Crippen LogP contribution in [0.3, 0.4) is 0 Å². The molecular formula is C22H31N3O5. The summed E-state index contributed by atoms with van der Waals surface area (Å²) in [7, 11) is 3.91. The molecule has 4 rings (SSSR count). The van der Waals surface area contributed by atoms with E-state index in [1.54, 1.807) is 12.1 Å². The van der Waals surface area contributed by atoms with Crippen LogP contribution in [0.1, 0.15) is 42.5 Å². The molecule has 2 N–H and O–H groups in total. The number of nitrogens with one attached hydrogen (secondary N) is 2. The largest absolute Gasteiger partial charge is 0.441 e. The molecular weight excluding hydrogens is 386 g/mol. The van der Waals surface area contributed by atoms with Crippen molar-refractivity contribution in [2.75, 3.05) is 32.2 Å². The van der Waals surface area contributed by atoms with Gasteiger partial charge in [-0.25, -0.2) is 4.79 Å². The minimum Gasteiger partial charge on any atom is -0.441 e. The number of carbonyl (C=O) groups is 2. The van der Waals surface area contributed by atoms with Crippen LogP contribution in [0.2, 0.25) is 0 Å². The van der Waals surface area contributed by atoms with Gasteiger partial charge in [0.1, 0.15) is 12.2 Å². The van der Waals surface area contributed by atoms with Gasteiger partial charge in [-0.1, -0.05) is 19.3 Å². The SMILES string of the molecule is CN(C)c1ccc(C(=O)NC2COC3C(OC(=O)NC4CCCCC4)COC23)cc1. The van der Waals surface area contributed by atoms with Crippen LogP contribution in [0, 0.1) is 0 Å². The van der Waals surface area contributed by atoms with Gasteiger partial charge in [0.05, 0.1) is 19.3 Å². The van der Waals surface area contributed by atoms with E-state index in [0.717, 1.165) is 31.4 Å². The van der Waals surface area contributed by atoms with E-state index in [9.17, 15) is 9.59 Å². The third-order valence-corrected chi connectivity index (χ3v) is 6.16. The second-order valence-electron chi connectivity index (χ2n) is 8.54. The Kier molecular flexibility index (Phi) is 6.43. The summed E-state index contributed by atoms with van der Waals surface area (Å²) in [5.74, 6) is -0.169. The standard InChI is InChI=1S/C22H31N3O5/c1-25(2)16-10-8-14(9-11-16)21(26)24-17-12-28-20-18(13-29-19(17)20)30-22(27)23-15-6-4-3-5-7-15/h8-11,15,17-20H,3-7,12-13H2,1-2H3,(H,23,27)(H,24,26). The van der Waals surface area contributed by atoms with Gasteiger partial charge < -0.3 is 29.7 Å². The molecule has 3 fully saturated rings. The molecule has 2 aliphatic heterocycles. The lowest BCUT2D eigenvalue weighted by Gasteiger charge is -2.24. The summed E-state index contributed by atoms with van der Waals surface area (Å²) in [4.78, 5) is 26.9. The number of hydrogen-bond acceptors (Lipinski definition) is 6. The molecule has 30 heavy (non-hydrogen) atoms. The maximum absolute atomic E-state index is 12.6. The third-order valence-electron chi connectivity index (χ3n) is 6.16. The van der Waals surface area contributed by atoms with Gasteiger partial charge in [-0.2, -0.15) is 0 Å². The lowest BCUT2D eigenvalue weighted by atomic mass is 9.96. The second-order valence-corrected chi connectivity index (χ2v) is 8.54. The quantitative estimate of drug-likeness (QED) is 0.763. The van der Waals surface area contributed by atoms with E-state index in [1.807, 2.05) is 31.1 Å². The fourth-order valence-corrected chi connectivity index (χ4v) is 4.44. The Morgan fingerprint density at radius 3 is 2.37 bits per heavy atom. The Morgan fingerprint density at radius 2 is 1.67 bits per heavy atom. The number of anilines is 1. The number of alkyl carbamates (subject to hydrolysis) is 1. The average Bonchev–Trinajstić information content (AvgIpc) is 3.32. The van der Waals surface area contributed by atoms with Gasteiger partial charge in [-0.3, -0.25) is 4.79 Å². The van der Waals surface area contributed by atoms with Gasteiger partial charge in [0, 0.05) is 31.4 Å². The molecule has 0 radical (unpaired) electrons. The molecule has 0 bridgehead atoms. The number of fused-ring (bicyclic) bond motifs is 1. The number of hydrogen-bond donors (Lipinski definition) is 2. The highest BCUT2D eigenvalue weighted by atomic mass is 16.6. The number of ether oxygens (including phenoxy) is 3. The summed E-state index contributed by atoms with van der Waals surface area (Å²) < 4.78 is 17.2. The number of amides is 2. The third kappa shape index (κ3) is 4.70. The predicted octanol–water partition coefficient (Wildman–Crippen LogP) is 2.08. The number of rotatable bonds is 5. The van der Waals surface area contributed by atoms with E-state index in [0.29, 0.717) is 12.2 Å². The van der Waals surface area contributed by atoms with Crippen LogP contribution in [0.15, 0.2) is 24.3 Å². The van der Waals surface area contributed by atoms with E-state index in [-0.39, 0.29) is 36.8 Å². The van der Waals surface area contributed by atoms with Gasteiger partial charge in [-0.05, 0) is 37.1 Å². The molecule has 1 aromatic rings. The highest BCUT2D eigenvalue weighted by molar-refractivity contribution is 5.94. The molecule has 4 atom stereocenters. The van der Waals surface area contributed by atoms with E-state index in [4.69, 9.17) is 14.2 Å². The lowest BCUT2D eigenvalue weighted by Crippen LogP contribution is -2.45. The van der Waals surface area contributed by atoms with Crippen LogP contribution in [-0.2, 0) is 14.2 Å². The van der Waals surface area contributed by atoms with Crippen molar-refractivity contribution in [3.63, 3.8) is 0 Å². The van der Waals surface area contributed by atoms with E-state index < -0.39 is 12.2 Å². The molecule has 4 unspecified atom stereocenters. The van der Waals surface area contributed by atoms with Gasteiger partial charge in [0.15, 0.2) is 6.10 Å².